The third-order valence-electron chi connectivity index (χ3n) is 5.52. The number of hydrogen-bond acceptors (Lipinski definition) is 5. The van der Waals surface area contributed by atoms with Crippen LogP contribution in [0.15, 0.2) is 60.3 Å². The lowest BCUT2D eigenvalue weighted by molar-refractivity contribution is -0.138. The molecule has 0 aliphatic carbocycles. The van der Waals surface area contributed by atoms with Crippen LogP contribution in [0.5, 0.6) is 5.75 Å². The average molecular weight is 391 g/mol. The van der Waals surface area contributed by atoms with Crippen molar-refractivity contribution < 1.29 is 14.3 Å². The van der Waals surface area contributed by atoms with Gasteiger partial charge in [-0.25, -0.2) is 0 Å². The molecular weight excluding hydrogens is 366 g/mol. The summed E-state index contributed by atoms with van der Waals surface area (Å²) in [6.45, 7) is 3.38. The van der Waals surface area contributed by atoms with Gasteiger partial charge in [-0.3, -0.25) is 14.5 Å². The Kier molecular flexibility index (Phi) is 5.36. The number of amides is 2. The summed E-state index contributed by atoms with van der Waals surface area (Å²) in [5.41, 5.74) is 2.52. The number of ether oxygens (including phenoxy) is 1. The number of carbonyl (C=O) groups excluding carboxylic acids is 2. The van der Waals surface area contributed by atoms with Gasteiger partial charge in [0.15, 0.2) is 0 Å². The van der Waals surface area contributed by atoms with E-state index in [9.17, 15) is 9.59 Å². The summed E-state index contributed by atoms with van der Waals surface area (Å²) >= 11 is 0. The maximum absolute atomic E-state index is 13.5. The summed E-state index contributed by atoms with van der Waals surface area (Å²) < 4.78 is 5.50. The Morgan fingerprint density at radius 1 is 0.862 bits per heavy atom. The maximum Gasteiger partial charge on any atom is 0.278 e. The summed E-state index contributed by atoms with van der Waals surface area (Å²) in [6.07, 6.45) is 0. The highest BCUT2D eigenvalue weighted by Gasteiger charge is 2.42. The Balaban J connectivity index is 1.77. The molecule has 2 aromatic rings. The van der Waals surface area contributed by atoms with E-state index >= 15 is 0 Å². The van der Waals surface area contributed by atoms with Crippen LogP contribution >= 0.6 is 0 Å². The molecule has 0 N–H and O–H groups in total. The van der Waals surface area contributed by atoms with Crippen molar-refractivity contribution in [1.82, 2.24) is 14.7 Å². The summed E-state index contributed by atoms with van der Waals surface area (Å²) in [6, 6.07) is 17.0. The van der Waals surface area contributed by atoms with Crippen molar-refractivity contribution in [2.45, 2.75) is 6.54 Å². The molecule has 4 rings (SSSR count). The van der Waals surface area contributed by atoms with Gasteiger partial charge in [0.1, 0.15) is 11.4 Å². The van der Waals surface area contributed by atoms with E-state index in [1.54, 1.807) is 7.11 Å². The van der Waals surface area contributed by atoms with Crippen molar-refractivity contribution in [1.29, 1.82) is 0 Å². The SMILES string of the molecule is COc1ccccc1C1=C(N2CCN(C)CC2)C(=O)N(Cc2ccccc2)C1=O. The number of imide groups is 1. The lowest BCUT2D eigenvalue weighted by Crippen LogP contribution is -2.46. The molecule has 0 atom stereocenters. The third kappa shape index (κ3) is 3.63. The molecule has 29 heavy (non-hydrogen) atoms. The van der Waals surface area contributed by atoms with Crippen molar-refractivity contribution in [3.8, 4) is 5.75 Å². The Labute approximate surface area is 171 Å². The van der Waals surface area contributed by atoms with Crippen LogP contribution in [-0.4, -0.2) is 66.9 Å². The number of benzene rings is 2. The molecule has 1 saturated heterocycles. The molecule has 1 fully saturated rings. The minimum atomic E-state index is -0.266. The van der Waals surface area contributed by atoms with Gasteiger partial charge in [0, 0.05) is 31.7 Å². The molecule has 0 saturated carbocycles. The van der Waals surface area contributed by atoms with Crippen molar-refractivity contribution in [3.05, 3.63) is 71.4 Å². The molecule has 2 heterocycles. The van der Waals surface area contributed by atoms with E-state index in [0.29, 0.717) is 35.7 Å². The highest BCUT2D eigenvalue weighted by molar-refractivity contribution is 6.35. The minimum absolute atomic E-state index is 0.232. The first-order valence-electron chi connectivity index (χ1n) is 9.81. The summed E-state index contributed by atoms with van der Waals surface area (Å²) in [7, 11) is 3.65. The first-order valence-corrected chi connectivity index (χ1v) is 9.81. The van der Waals surface area contributed by atoms with Crippen LogP contribution in [0, 0.1) is 0 Å². The fourth-order valence-electron chi connectivity index (χ4n) is 3.89. The van der Waals surface area contributed by atoms with E-state index in [2.05, 4.69) is 11.9 Å². The summed E-state index contributed by atoms with van der Waals surface area (Å²) in [5.74, 6) is 0.0958. The molecule has 0 bridgehead atoms. The second kappa shape index (κ2) is 8.09. The van der Waals surface area contributed by atoms with Gasteiger partial charge in [0.2, 0.25) is 0 Å². The van der Waals surface area contributed by atoms with Crippen LogP contribution in [0.25, 0.3) is 5.57 Å². The zero-order valence-electron chi connectivity index (χ0n) is 16.8. The third-order valence-corrected chi connectivity index (χ3v) is 5.52. The standard InChI is InChI=1S/C23H25N3O3/c1-24-12-14-25(15-13-24)21-20(18-10-6-7-11-19(18)29-2)22(27)26(23(21)28)16-17-8-4-3-5-9-17/h3-11H,12-16H2,1-2H3. The van der Waals surface area contributed by atoms with Crippen molar-refractivity contribution in [2.75, 3.05) is 40.3 Å². The smallest absolute Gasteiger partial charge is 0.278 e. The largest absolute Gasteiger partial charge is 0.496 e. The van der Waals surface area contributed by atoms with E-state index < -0.39 is 0 Å². The zero-order chi connectivity index (χ0) is 20.4. The molecule has 0 spiro atoms. The predicted octanol–water partition coefficient (Wildman–Crippen LogP) is 2.22. The number of piperazine rings is 1. The zero-order valence-corrected chi connectivity index (χ0v) is 16.8. The summed E-state index contributed by atoms with van der Waals surface area (Å²) in [4.78, 5) is 32.5. The quantitative estimate of drug-likeness (QED) is 0.732. The van der Waals surface area contributed by atoms with Crippen molar-refractivity contribution in [3.63, 3.8) is 0 Å². The average Bonchev–Trinajstić information content (AvgIpc) is 2.99. The number of para-hydroxylation sites is 1. The normalized spacial score (nSPS) is 18.0. The molecule has 2 amide bonds. The predicted molar refractivity (Wildman–Crippen MR) is 111 cm³/mol. The Hall–Kier alpha value is -3.12. The van der Waals surface area contributed by atoms with E-state index in [1.165, 1.54) is 4.90 Å². The van der Waals surface area contributed by atoms with Crippen LogP contribution < -0.4 is 4.74 Å². The van der Waals surface area contributed by atoms with Crippen molar-refractivity contribution >= 4 is 17.4 Å². The number of carbonyl (C=O) groups is 2. The highest BCUT2D eigenvalue weighted by Crippen LogP contribution is 2.37. The van der Waals surface area contributed by atoms with Crippen LogP contribution in [0.2, 0.25) is 0 Å². The molecule has 6 heteroatoms. The van der Waals surface area contributed by atoms with Crippen LogP contribution in [0.1, 0.15) is 11.1 Å². The minimum Gasteiger partial charge on any atom is -0.496 e. The molecule has 0 aromatic heterocycles. The number of likely N-dealkylation sites (N-methyl/N-ethyl adjacent to an activating group) is 1. The van der Waals surface area contributed by atoms with Gasteiger partial charge in [0.25, 0.3) is 11.8 Å². The molecule has 0 radical (unpaired) electrons. The lowest BCUT2D eigenvalue weighted by Gasteiger charge is -2.34. The first-order chi connectivity index (χ1) is 14.1. The first kappa shape index (κ1) is 19.2. The molecule has 150 valence electrons. The number of hydrogen-bond donors (Lipinski definition) is 0. The van der Waals surface area contributed by atoms with E-state index in [0.717, 1.165) is 18.7 Å². The number of rotatable bonds is 5. The summed E-state index contributed by atoms with van der Waals surface area (Å²) in [5, 5.41) is 0. The molecular formula is C23H25N3O3. The van der Waals surface area contributed by atoms with Gasteiger partial charge >= 0.3 is 0 Å². The molecule has 2 aliphatic rings. The van der Waals surface area contributed by atoms with Crippen LogP contribution in [0.4, 0.5) is 0 Å². The number of methoxy groups -OCH3 is 1. The topological polar surface area (TPSA) is 53.1 Å². The second-order valence-corrected chi connectivity index (χ2v) is 7.40. The van der Waals surface area contributed by atoms with Gasteiger partial charge in [-0.05, 0) is 18.7 Å². The van der Waals surface area contributed by atoms with Gasteiger partial charge in [-0.15, -0.1) is 0 Å². The number of nitrogens with zero attached hydrogens (tertiary/aromatic N) is 3. The fourth-order valence-corrected chi connectivity index (χ4v) is 3.89. The Morgan fingerprint density at radius 2 is 1.52 bits per heavy atom. The Morgan fingerprint density at radius 3 is 2.21 bits per heavy atom. The van der Waals surface area contributed by atoms with Gasteiger partial charge in [-0.1, -0.05) is 48.5 Å². The van der Waals surface area contributed by atoms with Crippen LogP contribution in [-0.2, 0) is 16.1 Å². The maximum atomic E-state index is 13.5. The molecule has 0 unspecified atom stereocenters. The van der Waals surface area contributed by atoms with Crippen molar-refractivity contribution in [2.24, 2.45) is 0 Å². The fraction of sp³-hybridized carbons (Fsp3) is 0.304. The molecule has 2 aromatic carbocycles. The second-order valence-electron chi connectivity index (χ2n) is 7.40. The van der Waals surface area contributed by atoms with E-state index in [-0.39, 0.29) is 18.4 Å². The van der Waals surface area contributed by atoms with Gasteiger partial charge < -0.3 is 14.5 Å². The van der Waals surface area contributed by atoms with Gasteiger partial charge in [-0.2, -0.15) is 0 Å². The Bertz CT molecular complexity index is 947. The van der Waals surface area contributed by atoms with Gasteiger partial charge in [0.05, 0.1) is 19.2 Å². The molecule has 6 nitrogen and oxygen atoms in total. The molecule has 2 aliphatic heterocycles. The monoisotopic (exact) mass is 391 g/mol. The van der Waals surface area contributed by atoms with E-state index in [4.69, 9.17) is 4.74 Å². The lowest BCUT2D eigenvalue weighted by atomic mass is 10.0. The van der Waals surface area contributed by atoms with E-state index in [1.807, 2.05) is 59.5 Å². The highest BCUT2D eigenvalue weighted by atomic mass is 16.5. The van der Waals surface area contributed by atoms with Crippen LogP contribution in [0.3, 0.4) is 0 Å².